The lowest BCUT2D eigenvalue weighted by molar-refractivity contribution is 0.670. The highest BCUT2D eigenvalue weighted by Crippen LogP contribution is 2.41. The van der Waals surface area contributed by atoms with E-state index in [1.165, 1.54) is 32.3 Å². The van der Waals surface area contributed by atoms with E-state index in [-0.39, 0.29) is 0 Å². The number of nitrogens with zero attached hydrogens (tertiary/aromatic N) is 1. The third-order valence-corrected chi connectivity index (χ3v) is 9.93. The molecule has 0 aliphatic rings. The van der Waals surface area contributed by atoms with Crippen LogP contribution in [0, 0.1) is 0 Å². The maximum absolute atomic E-state index is 6.37. The van der Waals surface area contributed by atoms with Crippen molar-refractivity contribution in [3.8, 4) is 33.4 Å². The summed E-state index contributed by atoms with van der Waals surface area (Å²) in [6.07, 6.45) is 0. The third-order valence-electron chi connectivity index (χ3n) is 8.97. The molecule has 9 rings (SSSR count). The van der Waals surface area contributed by atoms with Gasteiger partial charge in [0.2, 0.25) is 0 Å². The zero-order valence-electron chi connectivity index (χ0n) is 25.5. The lowest BCUT2D eigenvalue weighted by Crippen LogP contribution is -2.10. The van der Waals surface area contributed by atoms with Gasteiger partial charge < -0.3 is 9.32 Å². The van der Waals surface area contributed by atoms with Gasteiger partial charge in [-0.2, -0.15) is 0 Å². The summed E-state index contributed by atoms with van der Waals surface area (Å²) < 4.78 is 7.68. The fourth-order valence-electron chi connectivity index (χ4n) is 6.68. The lowest BCUT2D eigenvalue weighted by atomic mass is 10.0. The fraction of sp³-hybridized carbons (Fsp3) is 0. The van der Waals surface area contributed by atoms with E-state index in [9.17, 15) is 0 Å². The van der Waals surface area contributed by atoms with Crippen LogP contribution in [0.5, 0.6) is 0 Å². The first-order valence-corrected chi connectivity index (χ1v) is 16.7. The van der Waals surface area contributed by atoms with E-state index in [0.29, 0.717) is 0 Å². The number of furan rings is 1. The van der Waals surface area contributed by atoms with Gasteiger partial charge in [0.15, 0.2) is 0 Å². The zero-order chi connectivity index (χ0) is 31.2. The number of para-hydroxylation sites is 2. The molecule has 0 spiro atoms. The SMILES string of the molecule is c1ccc(-c2ccc(N(c3ccc(-c4cccc5c4oc4ccccc45)cc3)c3cccc(-c4cccc5ccsc45)c3)cc2)cc1. The number of hydrogen-bond donors (Lipinski definition) is 0. The molecule has 3 heteroatoms. The van der Waals surface area contributed by atoms with Crippen LogP contribution in [0.25, 0.3) is 65.4 Å². The Balaban J connectivity index is 1.15. The van der Waals surface area contributed by atoms with Crippen molar-refractivity contribution in [2.24, 2.45) is 0 Å². The first kappa shape index (κ1) is 27.4. The van der Waals surface area contributed by atoms with E-state index in [1.807, 2.05) is 12.1 Å². The van der Waals surface area contributed by atoms with Crippen LogP contribution in [0.3, 0.4) is 0 Å². The molecule has 0 radical (unpaired) electrons. The van der Waals surface area contributed by atoms with Gasteiger partial charge in [-0.25, -0.2) is 0 Å². The number of hydrogen-bond acceptors (Lipinski definition) is 3. The monoisotopic (exact) mass is 619 g/mol. The molecule has 2 aromatic heterocycles. The normalized spacial score (nSPS) is 11.4. The van der Waals surface area contributed by atoms with E-state index >= 15 is 0 Å². The van der Waals surface area contributed by atoms with Crippen LogP contribution in [0.1, 0.15) is 0 Å². The molecular weight excluding hydrogens is 591 g/mol. The minimum atomic E-state index is 0.912. The molecule has 0 unspecified atom stereocenters. The summed E-state index contributed by atoms with van der Waals surface area (Å²) in [4.78, 5) is 2.35. The maximum atomic E-state index is 6.37. The standard InChI is InChI=1S/C44H29NOS/c1-2-9-30(10-3-1)31-19-23-35(24-20-31)45(37-13-6-12-34(29-37)39-16-7-11-33-27-28-47-44(33)39)36-25-21-32(22-26-36)38-15-8-17-41-40-14-4-5-18-42(40)46-43(38)41/h1-29H. The van der Waals surface area contributed by atoms with Crippen LogP contribution >= 0.6 is 11.3 Å². The first-order chi connectivity index (χ1) is 23.3. The smallest absolute Gasteiger partial charge is 0.143 e. The zero-order valence-corrected chi connectivity index (χ0v) is 26.3. The minimum absolute atomic E-state index is 0.912. The van der Waals surface area contributed by atoms with Gasteiger partial charge in [-0.3, -0.25) is 0 Å². The number of rotatable bonds is 6. The van der Waals surface area contributed by atoms with E-state index in [2.05, 4.69) is 168 Å². The Hall–Kier alpha value is -5.90. The van der Waals surface area contributed by atoms with Crippen molar-refractivity contribution in [1.82, 2.24) is 0 Å². The van der Waals surface area contributed by atoms with E-state index < -0.39 is 0 Å². The van der Waals surface area contributed by atoms with Crippen LogP contribution < -0.4 is 4.90 Å². The van der Waals surface area contributed by atoms with Crippen molar-refractivity contribution in [3.63, 3.8) is 0 Å². The Kier molecular flexibility index (Phi) is 6.69. The number of anilines is 3. The van der Waals surface area contributed by atoms with Gasteiger partial charge in [0.1, 0.15) is 11.2 Å². The van der Waals surface area contributed by atoms with Crippen molar-refractivity contribution in [2.75, 3.05) is 4.90 Å². The highest BCUT2D eigenvalue weighted by Gasteiger charge is 2.17. The van der Waals surface area contributed by atoms with E-state index in [1.54, 1.807) is 11.3 Å². The molecule has 0 saturated heterocycles. The molecule has 222 valence electrons. The summed E-state index contributed by atoms with van der Waals surface area (Å²) in [5.41, 5.74) is 12.2. The fourth-order valence-corrected chi connectivity index (χ4v) is 7.61. The Bertz CT molecular complexity index is 2510. The average molecular weight is 620 g/mol. The highest BCUT2D eigenvalue weighted by molar-refractivity contribution is 7.17. The van der Waals surface area contributed by atoms with Gasteiger partial charge in [0.05, 0.1) is 0 Å². The summed E-state index contributed by atoms with van der Waals surface area (Å²) in [6, 6.07) is 60.6. The van der Waals surface area contributed by atoms with Crippen LogP contribution in [0.4, 0.5) is 17.1 Å². The Morgan fingerprint density at radius 2 is 1.06 bits per heavy atom. The second-order valence-electron chi connectivity index (χ2n) is 11.8. The summed E-state index contributed by atoms with van der Waals surface area (Å²) >= 11 is 1.80. The van der Waals surface area contributed by atoms with Crippen molar-refractivity contribution in [2.45, 2.75) is 0 Å². The van der Waals surface area contributed by atoms with Crippen LogP contribution in [-0.4, -0.2) is 0 Å². The molecule has 0 atom stereocenters. The summed E-state index contributed by atoms with van der Waals surface area (Å²) in [5, 5.41) is 5.73. The topological polar surface area (TPSA) is 16.4 Å². The van der Waals surface area contributed by atoms with Crippen LogP contribution in [0.15, 0.2) is 180 Å². The van der Waals surface area contributed by atoms with Gasteiger partial charge in [-0.05, 0) is 87.1 Å². The molecule has 0 amide bonds. The summed E-state index contributed by atoms with van der Waals surface area (Å²) in [5.74, 6) is 0. The molecular formula is C44H29NOS. The van der Waals surface area contributed by atoms with E-state index in [4.69, 9.17) is 4.42 Å². The predicted octanol–water partition coefficient (Wildman–Crippen LogP) is 13.3. The third kappa shape index (κ3) is 4.89. The molecule has 0 N–H and O–H groups in total. The molecule has 9 aromatic rings. The molecule has 0 aliphatic heterocycles. The molecule has 2 nitrogen and oxygen atoms in total. The molecule has 0 aliphatic carbocycles. The summed E-state index contributed by atoms with van der Waals surface area (Å²) in [7, 11) is 0. The van der Waals surface area contributed by atoms with Crippen molar-refractivity contribution in [1.29, 1.82) is 0 Å². The lowest BCUT2D eigenvalue weighted by Gasteiger charge is -2.26. The van der Waals surface area contributed by atoms with Crippen LogP contribution in [0.2, 0.25) is 0 Å². The maximum Gasteiger partial charge on any atom is 0.143 e. The van der Waals surface area contributed by atoms with Gasteiger partial charge in [0, 0.05) is 38.1 Å². The summed E-state index contributed by atoms with van der Waals surface area (Å²) in [6.45, 7) is 0. The quantitative estimate of drug-likeness (QED) is 0.184. The van der Waals surface area contributed by atoms with Gasteiger partial charge in [-0.1, -0.05) is 121 Å². The number of benzene rings is 7. The largest absolute Gasteiger partial charge is 0.455 e. The van der Waals surface area contributed by atoms with Crippen molar-refractivity contribution >= 4 is 60.4 Å². The molecule has 2 heterocycles. The average Bonchev–Trinajstić information content (AvgIpc) is 3.78. The first-order valence-electron chi connectivity index (χ1n) is 15.8. The van der Waals surface area contributed by atoms with Gasteiger partial charge in [0.25, 0.3) is 0 Å². The minimum Gasteiger partial charge on any atom is -0.455 e. The Labute approximate surface area is 277 Å². The number of thiophene rings is 1. The van der Waals surface area contributed by atoms with Crippen molar-refractivity contribution < 1.29 is 4.42 Å². The Morgan fingerprint density at radius 1 is 0.426 bits per heavy atom. The Morgan fingerprint density at radius 3 is 1.89 bits per heavy atom. The second kappa shape index (κ2) is 11.5. The molecule has 47 heavy (non-hydrogen) atoms. The highest BCUT2D eigenvalue weighted by atomic mass is 32.1. The second-order valence-corrected chi connectivity index (χ2v) is 12.7. The van der Waals surface area contributed by atoms with Gasteiger partial charge in [-0.15, -0.1) is 11.3 Å². The molecule has 0 fully saturated rings. The van der Waals surface area contributed by atoms with E-state index in [0.717, 1.165) is 50.1 Å². The molecule has 7 aromatic carbocycles. The predicted molar refractivity (Wildman–Crippen MR) is 200 cm³/mol. The number of fused-ring (bicyclic) bond motifs is 4. The van der Waals surface area contributed by atoms with Gasteiger partial charge >= 0.3 is 0 Å². The molecule has 0 saturated carbocycles. The van der Waals surface area contributed by atoms with Crippen molar-refractivity contribution in [3.05, 3.63) is 175 Å². The molecule has 0 bridgehead atoms. The van der Waals surface area contributed by atoms with Crippen LogP contribution in [-0.2, 0) is 0 Å².